The summed E-state index contributed by atoms with van der Waals surface area (Å²) in [6, 6.07) is 5.61. The van der Waals surface area contributed by atoms with Crippen LogP contribution < -0.4 is 10.7 Å². The Balaban J connectivity index is 1.41. The smallest absolute Gasteiger partial charge is 0.274 e. The zero-order chi connectivity index (χ0) is 23.4. The highest BCUT2D eigenvalue weighted by atomic mass is 19.1. The number of pyridine rings is 1. The summed E-state index contributed by atoms with van der Waals surface area (Å²) in [5, 5.41) is 13.1. The summed E-state index contributed by atoms with van der Waals surface area (Å²) in [5.41, 5.74) is -0.559. The Bertz CT molecular complexity index is 1080. The first-order chi connectivity index (χ1) is 15.9. The first-order valence-corrected chi connectivity index (χ1v) is 11.0. The van der Waals surface area contributed by atoms with E-state index >= 15 is 0 Å². The number of nitrogens with zero attached hydrogens (tertiary/aromatic N) is 3. The molecule has 176 valence electrons. The first-order valence-electron chi connectivity index (χ1n) is 11.0. The van der Waals surface area contributed by atoms with Crippen LogP contribution in [0.5, 0.6) is 5.75 Å². The molecule has 0 saturated carbocycles. The molecule has 0 unspecified atom stereocenters. The highest BCUT2D eigenvalue weighted by Crippen LogP contribution is 2.20. The normalized spacial score (nSPS) is 16.5. The maximum atomic E-state index is 13.0. The van der Waals surface area contributed by atoms with Gasteiger partial charge in [0.1, 0.15) is 11.4 Å². The summed E-state index contributed by atoms with van der Waals surface area (Å²) in [4.78, 5) is 42.1. The van der Waals surface area contributed by atoms with Crippen molar-refractivity contribution >= 4 is 11.8 Å². The lowest BCUT2D eigenvalue weighted by Crippen LogP contribution is -2.44. The lowest BCUT2D eigenvalue weighted by Gasteiger charge is -2.32. The number of carbonyl (C=O) groups excluding carboxylic acids is 2. The summed E-state index contributed by atoms with van der Waals surface area (Å²) >= 11 is 0. The molecule has 0 radical (unpaired) electrons. The molecule has 33 heavy (non-hydrogen) atoms. The van der Waals surface area contributed by atoms with Crippen molar-refractivity contribution in [3.63, 3.8) is 0 Å². The average molecular weight is 458 g/mol. The Hall–Kier alpha value is -3.24. The quantitative estimate of drug-likeness (QED) is 0.636. The zero-order valence-electron chi connectivity index (χ0n) is 18.3. The van der Waals surface area contributed by atoms with Gasteiger partial charge in [-0.05, 0) is 24.1 Å². The van der Waals surface area contributed by atoms with Crippen molar-refractivity contribution < 1.29 is 23.8 Å². The summed E-state index contributed by atoms with van der Waals surface area (Å²) < 4.78 is 19.8. The van der Waals surface area contributed by atoms with Gasteiger partial charge in [0, 0.05) is 52.0 Å². The molecular weight excluding hydrogens is 431 g/mol. The Kier molecular flexibility index (Phi) is 7.05. The Labute approximate surface area is 190 Å². The number of halogens is 1. The zero-order valence-corrected chi connectivity index (χ0v) is 18.3. The first kappa shape index (κ1) is 22.9. The number of fused-ring (bicyclic) bond motifs is 1. The second-order valence-electron chi connectivity index (χ2n) is 8.17. The molecule has 2 amide bonds. The molecule has 2 aliphatic heterocycles. The van der Waals surface area contributed by atoms with Gasteiger partial charge in [0.15, 0.2) is 11.4 Å². The lowest BCUT2D eigenvalue weighted by molar-refractivity contribution is 0.0353. The van der Waals surface area contributed by atoms with Crippen molar-refractivity contribution in [2.75, 3.05) is 45.9 Å². The minimum Gasteiger partial charge on any atom is -0.503 e. The monoisotopic (exact) mass is 458 g/mol. The fourth-order valence-electron chi connectivity index (χ4n) is 4.10. The molecule has 1 saturated heterocycles. The molecule has 1 fully saturated rings. The van der Waals surface area contributed by atoms with E-state index in [2.05, 4.69) is 10.2 Å². The third-order valence-electron chi connectivity index (χ3n) is 5.97. The summed E-state index contributed by atoms with van der Waals surface area (Å²) in [6.07, 6.45) is 2.10. The van der Waals surface area contributed by atoms with Crippen molar-refractivity contribution in [1.29, 1.82) is 0 Å². The average Bonchev–Trinajstić information content (AvgIpc) is 2.82. The third kappa shape index (κ3) is 5.23. The van der Waals surface area contributed by atoms with Gasteiger partial charge in [-0.1, -0.05) is 12.1 Å². The van der Waals surface area contributed by atoms with Gasteiger partial charge in [-0.15, -0.1) is 0 Å². The van der Waals surface area contributed by atoms with Crippen LogP contribution in [0, 0.1) is 5.82 Å². The van der Waals surface area contributed by atoms with Gasteiger partial charge in [-0.2, -0.15) is 0 Å². The molecular formula is C23H27FN4O5. The van der Waals surface area contributed by atoms with Gasteiger partial charge in [-0.3, -0.25) is 19.3 Å². The predicted molar refractivity (Wildman–Crippen MR) is 118 cm³/mol. The van der Waals surface area contributed by atoms with E-state index in [4.69, 9.17) is 4.74 Å². The number of benzene rings is 1. The van der Waals surface area contributed by atoms with Gasteiger partial charge in [0.2, 0.25) is 5.43 Å². The van der Waals surface area contributed by atoms with Crippen LogP contribution in [0.25, 0.3) is 0 Å². The molecule has 2 aliphatic rings. The number of aromatic hydroxyl groups is 1. The van der Waals surface area contributed by atoms with E-state index in [9.17, 15) is 23.9 Å². The van der Waals surface area contributed by atoms with Gasteiger partial charge in [0.05, 0.1) is 13.2 Å². The second kappa shape index (κ2) is 10.1. The summed E-state index contributed by atoms with van der Waals surface area (Å²) in [7, 11) is 0. The maximum absolute atomic E-state index is 13.0. The van der Waals surface area contributed by atoms with Crippen molar-refractivity contribution in [3.05, 3.63) is 63.3 Å². The molecule has 9 nitrogen and oxygen atoms in total. The molecule has 2 N–H and O–H groups in total. The maximum Gasteiger partial charge on any atom is 0.274 e. The fraction of sp³-hybridized carbons (Fsp3) is 0.435. The number of aromatic nitrogens is 1. The molecule has 1 aromatic heterocycles. The number of nitrogens with one attached hydrogen (secondary N) is 1. The minimum atomic E-state index is -0.888. The Morgan fingerprint density at radius 1 is 1.06 bits per heavy atom. The van der Waals surface area contributed by atoms with Crippen LogP contribution >= 0.6 is 0 Å². The van der Waals surface area contributed by atoms with Crippen LogP contribution in [0.2, 0.25) is 0 Å². The highest BCUT2D eigenvalue weighted by Gasteiger charge is 2.30. The SMILES string of the molecule is O=C(NCc1ccc(F)cc1)c1cn2c(c(O)c1=O)C(=O)N(CCCN1CCOCC1)CC2. The second-order valence-corrected chi connectivity index (χ2v) is 8.17. The van der Waals surface area contributed by atoms with E-state index in [0.29, 0.717) is 38.4 Å². The van der Waals surface area contributed by atoms with Crippen LogP contribution in [-0.4, -0.2) is 77.2 Å². The number of hydrogen-bond acceptors (Lipinski definition) is 6. The number of rotatable bonds is 7. The molecule has 0 aliphatic carbocycles. The predicted octanol–water partition coefficient (Wildman–Crippen LogP) is 0.801. The van der Waals surface area contributed by atoms with E-state index in [-0.39, 0.29) is 23.6 Å². The summed E-state index contributed by atoms with van der Waals surface area (Å²) in [6.45, 7) is 5.43. The lowest BCUT2D eigenvalue weighted by atomic mass is 10.1. The van der Waals surface area contributed by atoms with Crippen LogP contribution in [-0.2, 0) is 17.8 Å². The third-order valence-corrected chi connectivity index (χ3v) is 5.97. The van der Waals surface area contributed by atoms with E-state index < -0.39 is 23.0 Å². The topological polar surface area (TPSA) is 104 Å². The Morgan fingerprint density at radius 3 is 2.52 bits per heavy atom. The van der Waals surface area contributed by atoms with Crippen LogP contribution in [0.3, 0.4) is 0 Å². The van der Waals surface area contributed by atoms with Crippen LogP contribution in [0.1, 0.15) is 32.8 Å². The molecule has 4 rings (SSSR count). The standard InChI is InChI=1S/C23H27FN4O5/c24-17-4-2-16(3-5-17)14-25-22(31)18-15-28-9-8-27(23(32)19(28)21(30)20(18)29)7-1-6-26-10-12-33-13-11-26/h2-5,15,30H,1,6-14H2,(H,25,31). The van der Waals surface area contributed by atoms with Gasteiger partial charge in [-0.25, -0.2) is 4.39 Å². The molecule has 0 bridgehead atoms. The molecule has 10 heteroatoms. The van der Waals surface area contributed by atoms with E-state index in [1.807, 2.05) is 0 Å². The minimum absolute atomic E-state index is 0.0901. The number of hydrogen-bond donors (Lipinski definition) is 2. The van der Waals surface area contributed by atoms with Gasteiger partial charge in [0.25, 0.3) is 11.8 Å². The molecule has 0 spiro atoms. The van der Waals surface area contributed by atoms with Gasteiger partial charge < -0.3 is 24.6 Å². The van der Waals surface area contributed by atoms with Crippen molar-refractivity contribution in [1.82, 2.24) is 19.7 Å². The number of carbonyl (C=O) groups is 2. The van der Waals surface area contributed by atoms with Crippen molar-refractivity contribution in [2.45, 2.75) is 19.5 Å². The molecule has 2 aromatic rings. The van der Waals surface area contributed by atoms with Crippen LogP contribution in [0.15, 0.2) is 35.3 Å². The Morgan fingerprint density at radius 2 is 1.79 bits per heavy atom. The van der Waals surface area contributed by atoms with Crippen molar-refractivity contribution in [3.8, 4) is 5.75 Å². The van der Waals surface area contributed by atoms with E-state index in [1.165, 1.54) is 35.0 Å². The fourth-order valence-corrected chi connectivity index (χ4v) is 4.10. The van der Waals surface area contributed by atoms with E-state index in [0.717, 1.165) is 26.1 Å². The largest absolute Gasteiger partial charge is 0.503 e. The molecule has 0 atom stereocenters. The number of ether oxygens (including phenoxy) is 1. The van der Waals surface area contributed by atoms with Crippen LogP contribution in [0.4, 0.5) is 4.39 Å². The highest BCUT2D eigenvalue weighted by molar-refractivity contribution is 5.99. The molecule has 3 heterocycles. The van der Waals surface area contributed by atoms with Gasteiger partial charge >= 0.3 is 0 Å². The van der Waals surface area contributed by atoms with Crippen molar-refractivity contribution in [2.24, 2.45) is 0 Å². The number of amides is 2. The number of morpholine rings is 1. The van der Waals surface area contributed by atoms with E-state index in [1.54, 1.807) is 4.90 Å². The summed E-state index contributed by atoms with van der Waals surface area (Å²) in [5.74, 6) is -2.19. The molecule has 1 aromatic carbocycles.